The van der Waals surface area contributed by atoms with Gasteiger partial charge in [0.05, 0.1) is 0 Å². The van der Waals surface area contributed by atoms with Gasteiger partial charge in [0.1, 0.15) is 13.7 Å². The fourth-order valence-electron chi connectivity index (χ4n) is 1.35. The van der Waals surface area contributed by atoms with Crippen molar-refractivity contribution in [3.05, 3.63) is 29.7 Å². The zero-order valence-corrected chi connectivity index (χ0v) is 6.67. The average molecular weight is 173 g/mol. The molecule has 0 atom stereocenters. The Hall–Kier alpha value is -1.58. The van der Waals surface area contributed by atoms with Crippen LogP contribution in [0.2, 0.25) is 0 Å². The molecule has 2 rings (SSSR count). The summed E-state index contributed by atoms with van der Waals surface area (Å²) in [5, 5.41) is 0.259. The maximum atomic E-state index is 13.2. The molecule has 2 aromatic rings. The van der Waals surface area contributed by atoms with Crippen LogP contribution in [0.3, 0.4) is 0 Å². The molecule has 0 saturated heterocycles. The molecular formula is C9H5BFNO. The number of hydrogen-bond donors (Lipinski definition) is 1. The van der Waals surface area contributed by atoms with E-state index in [0.29, 0.717) is 22.8 Å². The molecule has 0 fully saturated rings. The van der Waals surface area contributed by atoms with Crippen LogP contribution in [0, 0.1) is 5.82 Å². The molecule has 1 heterocycles. The molecule has 4 heteroatoms. The van der Waals surface area contributed by atoms with E-state index in [1.54, 1.807) is 0 Å². The van der Waals surface area contributed by atoms with Gasteiger partial charge in [0.2, 0.25) is 0 Å². The van der Waals surface area contributed by atoms with Crippen molar-refractivity contribution in [2.75, 3.05) is 0 Å². The Morgan fingerprint density at radius 2 is 2.23 bits per heavy atom. The van der Waals surface area contributed by atoms with E-state index < -0.39 is 5.82 Å². The summed E-state index contributed by atoms with van der Waals surface area (Å²) in [4.78, 5) is 13.3. The highest BCUT2D eigenvalue weighted by Crippen LogP contribution is 2.17. The first-order valence-corrected chi connectivity index (χ1v) is 3.74. The number of nitrogens with one attached hydrogen (secondary N) is 1. The summed E-state index contributed by atoms with van der Waals surface area (Å²) in [6.07, 6.45) is 2.04. The van der Waals surface area contributed by atoms with Gasteiger partial charge in [-0.1, -0.05) is 11.5 Å². The van der Waals surface area contributed by atoms with Crippen molar-refractivity contribution >= 4 is 30.5 Å². The van der Waals surface area contributed by atoms with Gasteiger partial charge >= 0.3 is 0 Å². The number of aromatic nitrogens is 1. The third-order valence-corrected chi connectivity index (χ3v) is 1.97. The fourth-order valence-corrected chi connectivity index (χ4v) is 1.35. The van der Waals surface area contributed by atoms with Crippen LogP contribution in [0.5, 0.6) is 0 Å². The zero-order chi connectivity index (χ0) is 9.42. The first-order valence-electron chi connectivity index (χ1n) is 3.74. The summed E-state index contributed by atoms with van der Waals surface area (Å²) in [6, 6.07) is 2.71. The Morgan fingerprint density at radius 3 is 2.92 bits per heavy atom. The molecule has 0 aliphatic heterocycles. The summed E-state index contributed by atoms with van der Waals surface area (Å²) in [7, 11) is 5.58. The molecule has 1 aromatic carbocycles. The molecule has 0 spiro atoms. The van der Waals surface area contributed by atoms with E-state index in [-0.39, 0.29) is 5.39 Å². The number of halogens is 1. The average Bonchev–Trinajstić information content (AvgIpc) is 2.56. The third kappa shape index (κ3) is 1.06. The van der Waals surface area contributed by atoms with E-state index in [1.165, 1.54) is 18.3 Å². The predicted octanol–water partition coefficient (Wildman–Crippen LogP) is 0.913. The Bertz CT molecular complexity index is 478. The van der Waals surface area contributed by atoms with Crippen LogP contribution >= 0.6 is 0 Å². The minimum Gasteiger partial charge on any atom is -0.361 e. The second-order valence-electron chi connectivity index (χ2n) is 2.75. The molecule has 13 heavy (non-hydrogen) atoms. The highest BCUT2D eigenvalue weighted by atomic mass is 19.1. The summed E-state index contributed by atoms with van der Waals surface area (Å²) in [5.74, 6) is -0.437. The molecule has 0 aliphatic rings. The van der Waals surface area contributed by atoms with E-state index in [9.17, 15) is 9.18 Å². The Kier molecular flexibility index (Phi) is 1.69. The van der Waals surface area contributed by atoms with Crippen LogP contribution < -0.4 is 5.46 Å². The standard InChI is InChI=1S/C9H5BFNO/c10-6-1-2-7(11)8-5(4-13)3-12-9(6)8/h1-4,12H. The lowest BCUT2D eigenvalue weighted by Crippen LogP contribution is -2.04. The van der Waals surface area contributed by atoms with Gasteiger partial charge in [0.25, 0.3) is 0 Å². The molecule has 62 valence electrons. The SMILES string of the molecule is [B]c1ccc(F)c2c(C=O)c[nH]c12. The lowest BCUT2D eigenvalue weighted by Gasteiger charge is -1.97. The Balaban J connectivity index is 2.95. The lowest BCUT2D eigenvalue weighted by atomic mass is 9.93. The van der Waals surface area contributed by atoms with E-state index in [2.05, 4.69) is 4.98 Å². The number of carbonyl (C=O) groups excluding carboxylic acids is 1. The number of fused-ring (bicyclic) bond motifs is 1. The normalized spacial score (nSPS) is 10.5. The summed E-state index contributed by atoms with van der Waals surface area (Å²) in [6.45, 7) is 0. The molecule has 1 aromatic heterocycles. The van der Waals surface area contributed by atoms with Crippen LogP contribution in [0.4, 0.5) is 4.39 Å². The van der Waals surface area contributed by atoms with Crippen LogP contribution in [-0.2, 0) is 0 Å². The van der Waals surface area contributed by atoms with Gasteiger partial charge in [-0.05, 0) is 6.07 Å². The van der Waals surface area contributed by atoms with Gasteiger partial charge in [-0.2, -0.15) is 0 Å². The van der Waals surface area contributed by atoms with Gasteiger partial charge in [-0.3, -0.25) is 4.79 Å². The highest BCUT2D eigenvalue weighted by Gasteiger charge is 2.08. The molecule has 0 amide bonds. The van der Waals surface area contributed by atoms with Gasteiger partial charge in [-0.15, -0.1) is 0 Å². The van der Waals surface area contributed by atoms with E-state index in [1.807, 2.05) is 0 Å². The first-order chi connectivity index (χ1) is 6.24. The summed E-state index contributed by atoms with van der Waals surface area (Å²) >= 11 is 0. The number of carbonyl (C=O) groups is 1. The van der Waals surface area contributed by atoms with Gasteiger partial charge in [0.15, 0.2) is 6.29 Å². The molecule has 2 nitrogen and oxygen atoms in total. The predicted molar refractivity (Wildman–Crippen MR) is 49.0 cm³/mol. The molecule has 1 N–H and O–H groups in total. The highest BCUT2D eigenvalue weighted by molar-refractivity contribution is 6.38. The zero-order valence-electron chi connectivity index (χ0n) is 6.67. The number of aldehydes is 1. The monoisotopic (exact) mass is 173 g/mol. The van der Waals surface area contributed by atoms with Crippen molar-refractivity contribution in [3.8, 4) is 0 Å². The van der Waals surface area contributed by atoms with Crippen molar-refractivity contribution in [2.45, 2.75) is 0 Å². The lowest BCUT2D eigenvalue weighted by molar-refractivity contribution is 0.112. The molecule has 0 unspecified atom stereocenters. The van der Waals surface area contributed by atoms with E-state index in [0.717, 1.165) is 0 Å². The van der Waals surface area contributed by atoms with Crippen LogP contribution in [0.15, 0.2) is 18.3 Å². The number of rotatable bonds is 1. The maximum absolute atomic E-state index is 13.2. The van der Waals surface area contributed by atoms with Gasteiger partial charge in [-0.25, -0.2) is 4.39 Å². The topological polar surface area (TPSA) is 32.9 Å². The summed E-state index contributed by atoms with van der Waals surface area (Å²) in [5.41, 5.74) is 1.20. The van der Waals surface area contributed by atoms with E-state index in [4.69, 9.17) is 7.85 Å². The number of aromatic amines is 1. The smallest absolute Gasteiger partial charge is 0.152 e. The van der Waals surface area contributed by atoms with Crippen LogP contribution in [0.1, 0.15) is 10.4 Å². The van der Waals surface area contributed by atoms with Crippen molar-refractivity contribution in [3.63, 3.8) is 0 Å². The second-order valence-corrected chi connectivity index (χ2v) is 2.75. The number of H-pyrrole nitrogens is 1. The van der Waals surface area contributed by atoms with Crippen molar-refractivity contribution in [2.24, 2.45) is 0 Å². The van der Waals surface area contributed by atoms with Crippen LogP contribution in [-0.4, -0.2) is 19.1 Å². The van der Waals surface area contributed by atoms with Crippen molar-refractivity contribution in [1.82, 2.24) is 4.98 Å². The van der Waals surface area contributed by atoms with E-state index >= 15 is 0 Å². The molecular weight excluding hydrogens is 168 g/mol. The second kappa shape index (κ2) is 2.73. The number of benzene rings is 1. The van der Waals surface area contributed by atoms with Crippen molar-refractivity contribution < 1.29 is 9.18 Å². The molecule has 2 radical (unpaired) electrons. The molecule has 0 bridgehead atoms. The van der Waals surface area contributed by atoms with Gasteiger partial charge < -0.3 is 4.98 Å². The maximum Gasteiger partial charge on any atom is 0.152 e. The van der Waals surface area contributed by atoms with Crippen molar-refractivity contribution in [1.29, 1.82) is 0 Å². The summed E-state index contributed by atoms with van der Waals surface area (Å²) < 4.78 is 13.2. The molecule has 0 saturated carbocycles. The quantitative estimate of drug-likeness (QED) is 0.504. The first kappa shape index (κ1) is 8.04. The minimum absolute atomic E-state index is 0.259. The Labute approximate surface area is 75.2 Å². The fraction of sp³-hybridized carbons (Fsp3) is 0. The minimum atomic E-state index is -0.437. The Morgan fingerprint density at radius 1 is 1.46 bits per heavy atom. The third-order valence-electron chi connectivity index (χ3n) is 1.97. The molecule has 0 aliphatic carbocycles. The number of hydrogen-bond acceptors (Lipinski definition) is 1. The van der Waals surface area contributed by atoms with Gasteiger partial charge in [0, 0.05) is 22.7 Å². The largest absolute Gasteiger partial charge is 0.361 e. The van der Waals surface area contributed by atoms with Crippen LogP contribution in [0.25, 0.3) is 10.9 Å².